The van der Waals surface area contributed by atoms with Crippen molar-refractivity contribution in [2.24, 2.45) is 0 Å². The summed E-state index contributed by atoms with van der Waals surface area (Å²) in [4.78, 5) is 0. The first-order chi connectivity index (χ1) is 7.02. The van der Waals surface area contributed by atoms with E-state index in [2.05, 4.69) is 4.74 Å². The Bertz CT molecular complexity index is 283. The molecule has 0 fully saturated rings. The van der Waals surface area contributed by atoms with E-state index in [0.29, 0.717) is 6.42 Å². The Morgan fingerprint density at radius 3 is 2.33 bits per heavy atom. The average Bonchev–Trinajstić information content (AvgIpc) is 2.18. The van der Waals surface area contributed by atoms with Gasteiger partial charge in [0.1, 0.15) is 0 Å². The summed E-state index contributed by atoms with van der Waals surface area (Å²) in [7, 11) is 0. The van der Waals surface area contributed by atoms with Crippen molar-refractivity contribution in [3.8, 4) is 0 Å². The molecule has 1 nitrogen and oxygen atoms in total. The monoisotopic (exact) mass is 214 g/mol. The molecule has 0 N–H and O–H groups in total. The minimum atomic E-state index is -2.67. The Balaban J connectivity index is 2.52. The van der Waals surface area contributed by atoms with Crippen LogP contribution in [-0.4, -0.2) is 13.2 Å². The average molecular weight is 214 g/mol. The van der Waals surface area contributed by atoms with Crippen molar-refractivity contribution in [3.05, 3.63) is 35.9 Å². The second-order valence-electron chi connectivity index (χ2n) is 4.13. The van der Waals surface area contributed by atoms with Gasteiger partial charge in [-0.2, -0.15) is 8.78 Å². The molecular weight excluding hydrogens is 198 g/mol. The molecule has 0 saturated heterocycles. The molecule has 1 aromatic rings. The third-order valence-corrected chi connectivity index (χ3v) is 2.53. The summed E-state index contributed by atoms with van der Waals surface area (Å²) in [6.07, 6.45) is 0.585. The molecule has 0 bridgehead atoms. The van der Waals surface area contributed by atoms with Crippen LogP contribution in [0.4, 0.5) is 8.78 Å². The highest BCUT2D eigenvalue weighted by molar-refractivity contribution is 5.23. The molecular formula is C12H16F2O. The van der Waals surface area contributed by atoms with E-state index in [0.717, 1.165) is 5.56 Å². The molecule has 15 heavy (non-hydrogen) atoms. The zero-order chi connectivity index (χ0) is 11.3. The van der Waals surface area contributed by atoms with E-state index in [4.69, 9.17) is 0 Å². The fourth-order valence-electron chi connectivity index (χ4n) is 1.44. The highest BCUT2D eigenvalue weighted by atomic mass is 19.3. The van der Waals surface area contributed by atoms with Crippen LogP contribution in [0.1, 0.15) is 25.8 Å². The summed E-state index contributed by atoms with van der Waals surface area (Å²) >= 11 is 0. The summed E-state index contributed by atoms with van der Waals surface area (Å²) in [6.45, 7) is 1.46. The molecule has 0 aliphatic carbocycles. The van der Waals surface area contributed by atoms with E-state index in [-0.39, 0.29) is 12.0 Å². The van der Waals surface area contributed by atoms with Gasteiger partial charge in [-0.05, 0) is 17.4 Å². The van der Waals surface area contributed by atoms with Crippen LogP contribution in [0.15, 0.2) is 30.3 Å². The number of benzene rings is 1. The van der Waals surface area contributed by atoms with Crippen molar-refractivity contribution in [3.63, 3.8) is 0 Å². The van der Waals surface area contributed by atoms with Gasteiger partial charge in [0.2, 0.25) is 0 Å². The molecule has 1 aromatic carbocycles. The molecule has 0 aromatic heterocycles. The Kier molecular flexibility index (Phi) is 4.21. The molecule has 0 aliphatic rings. The summed E-state index contributed by atoms with van der Waals surface area (Å²) in [5, 5.41) is 0. The number of alkyl halides is 2. The third-order valence-electron chi connectivity index (χ3n) is 2.53. The van der Waals surface area contributed by atoms with Crippen LogP contribution in [0.5, 0.6) is 0 Å². The summed E-state index contributed by atoms with van der Waals surface area (Å²) < 4.78 is 27.8. The van der Waals surface area contributed by atoms with E-state index >= 15 is 0 Å². The van der Waals surface area contributed by atoms with Crippen LogP contribution in [-0.2, 0) is 10.2 Å². The topological polar surface area (TPSA) is 9.23 Å². The van der Waals surface area contributed by atoms with Crippen molar-refractivity contribution in [1.29, 1.82) is 0 Å². The maximum absolute atomic E-state index is 11.8. The minimum absolute atomic E-state index is 0.0829. The van der Waals surface area contributed by atoms with Gasteiger partial charge in [0.15, 0.2) is 0 Å². The normalized spacial score (nSPS) is 12.1. The SMILES string of the molecule is CC(C)(CCOC(F)F)c1ccccc1. The lowest BCUT2D eigenvalue weighted by molar-refractivity contribution is -0.131. The van der Waals surface area contributed by atoms with Gasteiger partial charge < -0.3 is 4.74 Å². The fourth-order valence-corrected chi connectivity index (χ4v) is 1.44. The molecule has 3 heteroatoms. The van der Waals surface area contributed by atoms with Gasteiger partial charge in [-0.15, -0.1) is 0 Å². The van der Waals surface area contributed by atoms with E-state index in [1.54, 1.807) is 0 Å². The lowest BCUT2D eigenvalue weighted by Crippen LogP contribution is -2.20. The molecule has 0 amide bonds. The summed E-state index contributed by atoms with van der Waals surface area (Å²) in [5.74, 6) is 0. The van der Waals surface area contributed by atoms with E-state index in [9.17, 15) is 8.78 Å². The summed E-state index contributed by atoms with van der Waals surface area (Å²) in [6, 6.07) is 9.84. The third kappa shape index (κ3) is 3.96. The minimum Gasteiger partial charge on any atom is -0.323 e. The second-order valence-corrected chi connectivity index (χ2v) is 4.13. The molecule has 0 heterocycles. The molecule has 84 valence electrons. The predicted octanol–water partition coefficient (Wildman–Crippen LogP) is 3.59. The Morgan fingerprint density at radius 1 is 1.20 bits per heavy atom. The van der Waals surface area contributed by atoms with Crippen LogP contribution in [0.2, 0.25) is 0 Å². The molecule has 0 radical (unpaired) electrons. The van der Waals surface area contributed by atoms with E-state index < -0.39 is 6.61 Å². The lowest BCUT2D eigenvalue weighted by Gasteiger charge is -2.24. The van der Waals surface area contributed by atoms with Gasteiger partial charge in [0.25, 0.3) is 0 Å². The maximum Gasteiger partial charge on any atom is 0.345 e. The number of hydrogen-bond acceptors (Lipinski definition) is 1. The maximum atomic E-state index is 11.8. The van der Waals surface area contributed by atoms with Crippen LogP contribution in [0.3, 0.4) is 0 Å². The second kappa shape index (κ2) is 5.21. The molecule has 0 atom stereocenters. The van der Waals surface area contributed by atoms with Gasteiger partial charge in [-0.1, -0.05) is 44.2 Å². The number of halogens is 2. The standard InChI is InChI=1S/C12H16F2O/c1-12(2,8-9-15-11(13)14)10-6-4-3-5-7-10/h3-7,11H,8-9H2,1-2H3. The largest absolute Gasteiger partial charge is 0.345 e. The van der Waals surface area contributed by atoms with E-state index in [1.165, 1.54) is 0 Å². The van der Waals surface area contributed by atoms with Gasteiger partial charge in [0.05, 0.1) is 6.61 Å². The zero-order valence-corrected chi connectivity index (χ0v) is 9.04. The first kappa shape index (κ1) is 12.1. The fraction of sp³-hybridized carbons (Fsp3) is 0.500. The Morgan fingerprint density at radius 2 is 1.80 bits per heavy atom. The van der Waals surface area contributed by atoms with Crippen molar-refractivity contribution >= 4 is 0 Å². The molecule has 0 aliphatic heterocycles. The van der Waals surface area contributed by atoms with Crippen LogP contribution >= 0.6 is 0 Å². The van der Waals surface area contributed by atoms with Gasteiger partial charge in [-0.3, -0.25) is 0 Å². The van der Waals surface area contributed by atoms with Crippen LogP contribution in [0.25, 0.3) is 0 Å². The number of ether oxygens (including phenoxy) is 1. The van der Waals surface area contributed by atoms with Crippen LogP contribution < -0.4 is 0 Å². The number of hydrogen-bond donors (Lipinski definition) is 0. The zero-order valence-electron chi connectivity index (χ0n) is 9.04. The molecule has 1 rings (SSSR count). The lowest BCUT2D eigenvalue weighted by atomic mass is 9.82. The van der Waals surface area contributed by atoms with Crippen LogP contribution in [0, 0.1) is 0 Å². The van der Waals surface area contributed by atoms with Crippen molar-refractivity contribution in [1.82, 2.24) is 0 Å². The van der Waals surface area contributed by atoms with Crippen molar-refractivity contribution in [2.45, 2.75) is 32.3 Å². The smallest absolute Gasteiger partial charge is 0.323 e. The van der Waals surface area contributed by atoms with Gasteiger partial charge in [-0.25, -0.2) is 0 Å². The van der Waals surface area contributed by atoms with Gasteiger partial charge >= 0.3 is 6.61 Å². The number of rotatable bonds is 5. The van der Waals surface area contributed by atoms with Gasteiger partial charge in [0, 0.05) is 0 Å². The van der Waals surface area contributed by atoms with E-state index in [1.807, 2.05) is 44.2 Å². The molecule has 0 spiro atoms. The highest BCUT2D eigenvalue weighted by Crippen LogP contribution is 2.26. The van der Waals surface area contributed by atoms with Crippen molar-refractivity contribution < 1.29 is 13.5 Å². The summed E-state index contributed by atoms with van der Waals surface area (Å²) in [5.41, 5.74) is 1.01. The highest BCUT2D eigenvalue weighted by Gasteiger charge is 2.20. The molecule has 0 saturated carbocycles. The first-order valence-electron chi connectivity index (χ1n) is 4.98. The van der Waals surface area contributed by atoms with Crippen molar-refractivity contribution in [2.75, 3.05) is 6.61 Å². The molecule has 0 unspecified atom stereocenters. The predicted molar refractivity (Wildman–Crippen MR) is 56.0 cm³/mol. The Labute approximate surface area is 89.1 Å². The first-order valence-corrected chi connectivity index (χ1v) is 4.98. The quantitative estimate of drug-likeness (QED) is 0.727. The Hall–Kier alpha value is -0.960.